The first-order chi connectivity index (χ1) is 19.5. The lowest BCUT2D eigenvalue weighted by molar-refractivity contribution is -0.114. The van der Waals surface area contributed by atoms with Crippen molar-refractivity contribution >= 4 is 17.8 Å². The van der Waals surface area contributed by atoms with Gasteiger partial charge in [-0.1, -0.05) is 79.9 Å². The second kappa shape index (κ2) is 11.6. The fourth-order valence-corrected chi connectivity index (χ4v) is 6.10. The summed E-state index contributed by atoms with van der Waals surface area (Å²) in [7, 11) is 2.24. The maximum absolute atomic E-state index is 13.0. The second-order valence-corrected chi connectivity index (χ2v) is 11.3. The molecule has 3 aliphatic rings. The quantitative estimate of drug-likeness (QED) is 0.395. The monoisotopic (exact) mass is 532 g/mol. The smallest absolute Gasteiger partial charge is 0.258 e. The lowest BCUT2D eigenvalue weighted by atomic mass is 9.93. The van der Waals surface area contributed by atoms with Crippen molar-refractivity contribution in [3.8, 4) is 0 Å². The predicted molar refractivity (Wildman–Crippen MR) is 157 cm³/mol. The molecule has 3 aliphatic carbocycles. The van der Waals surface area contributed by atoms with Crippen LogP contribution in [0.4, 0.5) is 0 Å². The Morgan fingerprint density at radius 3 is 2.70 bits per heavy atom. The Bertz CT molecular complexity index is 1510. The van der Waals surface area contributed by atoms with Crippen molar-refractivity contribution in [2.45, 2.75) is 64.1 Å². The molecule has 1 fully saturated rings. The summed E-state index contributed by atoms with van der Waals surface area (Å²) in [6.45, 7) is 1.55. The number of Topliss-reactive ketones (excluding diaryl/α,β-unsaturated/α-hetero) is 1. The van der Waals surface area contributed by atoms with Crippen LogP contribution in [0.25, 0.3) is 6.08 Å². The summed E-state index contributed by atoms with van der Waals surface area (Å²) in [4.78, 5) is 28.4. The third-order valence-corrected chi connectivity index (χ3v) is 8.35. The van der Waals surface area contributed by atoms with E-state index in [0.717, 1.165) is 24.1 Å². The maximum Gasteiger partial charge on any atom is 0.258 e. The summed E-state index contributed by atoms with van der Waals surface area (Å²) in [5.41, 5.74) is 7.73. The molecular weight excluding hydrogens is 496 g/mol. The van der Waals surface area contributed by atoms with Crippen LogP contribution in [0.15, 0.2) is 89.9 Å². The number of amides is 1. The van der Waals surface area contributed by atoms with E-state index in [9.17, 15) is 9.59 Å². The van der Waals surface area contributed by atoms with E-state index in [0.29, 0.717) is 29.4 Å². The molecule has 1 saturated carbocycles. The Morgan fingerprint density at radius 2 is 1.88 bits per heavy atom. The van der Waals surface area contributed by atoms with Crippen LogP contribution in [-0.2, 0) is 24.3 Å². The zero-order valence-corrected chi connectivity index (χ0v) is 23.1. The van der Waals surface area contributed by atoms with E-state index in [-0.39, 0.29) is 18.1 Å². The number of hydrogen-bond acceptors (Lipinski definition) is 4. The Labute approximate surface area is 236 Å². The topological polar surface area (TPSA) is 67.2 Å². The molecule has 0 radical (unpaired) electrons. The van der Waals surface area contributed by atoms with E-state index < -0.39 is 0 Å². The van der Waals surface area contributed by atoms with Crippen LogP contribution in [0.3, 0.4) is 0 Å². The molecule has 6 nitrogen and oxygen atoms in total. The molecule has 1 aromatic heterocycles. The molecule has 6 heteroatoms. The second-order valence-electron chi connectivity index (χ2n) is 11.3. The van der Waals surface area contributed by atoms with Gasteiger partial charge in [-0.3, -0.25) is 19.2 Å². The molecule has 0 saturated heterocycles. The van der Waals surface area contributed by atoms with Crippen molar-refractivity contribution < 1.29 is 9.59 Å². The first-order valence-electron chi connectivity index (χ1n) is 14.4. The summed E-state index contributed by atoms with van der Waals surface area (Å²) in [6.07, 6.45) is 16.7. The minimum Gasteiger partial charge on any atom is -0.322 e. The van der Waals surface area contributed by atoms with Gasteiger partial charge in [-0.25, -0.2) is 0 Å². The highest BCUT2D eigenvalue weighted by Gasteiger charge is 2.24. The number of ketones is 1. The molecule has 1 N–H and O–H groups in total. The number of fused-ring (bicyclic) bond motifs is 1. The highest BCUT2D eigenvalue weighted by Crippen LogP contribution is 2.33. The summed E-state index contributed by atoms with van der Waals surface area (Å²) in [5, 5.41) is 7.32. The minimum absolute atomic E-state index is 0.0880. The summed E-state index contributed by atoms with van der Waals surface area (Å²) < 4.78 is 1.76. The molecule has 0 bridgehead atoms. The van der Waals surface area contributed by atoms with Crippen LogP contribution in [-0.4, -0.2) is 39.5 Å². The average Bonchev–Trinajstić information content (AvgIpc) is 3.62. The number of nitrogens with zero attached hydrogens (tertiary/aromatic N) is 3. The van der Waals surface area contributed by atoms with Gasteiger partial charge < -0.3 is 5.32 Å². The molecule has 0 aliphatic heterocycles. The van der Waals surface area contributed by atoms with Crippen molar-refractivity contribution in [3.63, 3.8) is 0 Å². The highest BCUT2D eigenvalue weighted by atomic mass is 16.1. The molecule has 3 aromatic rings. The molecule has 40 heavy (non-hydrogen) atoms. The van der Waals surface area contributed by atoms with Gasteiger partial charge in [-0.15, -0.1) is 0 Å². The number of rotatable bonds is 8. The van der Waals surface area contributed by atoms with Crippen LogP contribution in [0.2, 0.25) is 0 Å². The van der Waals surface area contributed by atoms with Gasteiger partial charge >= 0.3 is 0 Å². The van der Waals surface area contributed by atoms with Crippen molar-refractivity contribution in [3.05, 3.63) is 118 Å². The van der Waals surface area contributed by atoms with Gasteiger partial charge in [0.15, 0.2) is 5.78 Å². The SMILES string of the molecule is CN(Cc1ccc2c(c1)C=C(C1=CC(NC(=O)c3cnn(Cc4ccccc4)c3)=CCC1=O)C2)C1CCCCC1. The first kappa shape index (κ1) is 26.2. The van der Waals surface area contributed by atoms with Gasteiger partial charge in [0.2, 0.25) is 0 Å². The van der Waals surface area contributed by atoms with E-state index in [2.05, 4.69) is 46.6 Å². The third-order valence-electron chi connectivity index (χ3n) is 8.35. The van der Waals surface area contributed by atoms with E-state index in [4.69, 9.17) is 0 Å². The van der Waals surface area contributed by atoms with Crippen LogP contribution in [0.1, 0.15) is 71.1 Å². The zero-order valence-electron chi connectivity index (χ0n) is 23.1. The van der Waals surface area contributed by atoms with Crippen molar-refractivity contribution in [1.29, 1.82) is 0 Å². The molecule has 0 unspecified atom stereocenters. The normalized spacial score (nSPS) is 17.4. The van der Waals surface area contributed by atoms with Gasteiger partial charge in [0.1, 0.15) is 0 Å². The molecule has 0 spiro atoms. The Kier molecular flexibility index (Phi) is 7.60. The van der Waals surface area contributed by atoms with E-state index in [1.807, 2.05) is 36.4 Å². The number of benzene rings is 2. The van der Waals surface area contributed by atoms with E-state index in [1.165, 1.54) is 48.8 Å². The summed E-state index contributed by atoms with van der Waals surface area (Å²) >= 11 is 0. The van der Waals surface area contributed by atoms with Crippen LogP contribution < -0.4 is 5.32 Å². The van der Waals surface area contributed by atoms with Crippen molar-refractivity contribution in [2.24, 2.45) is 0 Å². The molecular formula is C34H36N4O2. The van der Waals surface area contributed by atoms with E-state index >= 15 is 0 Å². The lowest BCUT2D eigenvalue weighted by Crippen LogP contribution is -2.32. The number of carbonyl (C=O) groups is 2. The average molecular weight is 533 g/mol. The fraction of sp³-hybridized carbons (Fsp3) is 0.324. The fourth-order valence-electron chi connectivity index (χ4n) is 6.10. The first-order valence-corrected chi connectivity index (χ1v) is 14.4. The Balaban J connectivity index is 1.12. The molecule has 2 aromatic carbocycles. The molecule has 1 amide bonds. The predicted octanol–water partition coefficient (Wildman–Crippen LogP) is 5.85. The number of allylic oxidation sites excluding steroid dienone is 4. The number of nitrogens with one attached hydrogen (secondary N) is 1. The van der Waals surface area contributed by atoms with E-state index in [1.54, 1.807) is 23.2 Å². The largest absolute Gasteiger partial charge is 0.322 e. The molecule has 6 rings (SSSR count). The van der Waals surface area contributed by atoms with Crippen molar-refractivity contribution in [1.82, 2.24) is 20.0 Å². The van der Waals surface area contributed by atoms with Gasteiger partial charge in [0.25, 0.3) is 5.91 Å². The summed E-state index contributed by atoms with van der Waals surface area (Å²) in [6, 6.07) is 17.4. The molecule has 0 atom stereocenters. The van der Waals surface area contributed by atoms with Gasteiger partial charge in [0.05, 0.1) is 18.3 Å². The number of hydrogen-bond donors (Lipinski definition) is 1. The van der Waals surface area contributed by atoms with Gasteiger partial charge in [-0.05, 0) is 60.2 Å². The zero-order chi connectivity index (χ0) is 27.5. The Morgan fingerprint density at radius 1 is 1.05 bits per heavy atom. The minimum atomic E-state index is -0.231. The number of carbonyl (C=O) groups excluding carboxylic acids is 2. The third kappa shape index (κ3) is 5.92. The molecule has 204 valence electrons. The highest BCUT2D eigenvalue weighted by molar-refractivity contribution is 6.04. The van der Waals surface area contributed by atoms with Crippen LogP contribution >= 0.6 is 0 Å². The Hall–Kier alpha value is -4.03. The van der Waals surface area contributed by atoms with Crippen LogP contribution in [0.5, 0.6) is 0 Å². The van der Waals surface area contributed by atoms with Gasteiger partial charge in [0, 0.05) is 36.5 Å². The molecule has 1 heterocycles. The van der Waals surface area contributed by atoms with Gasteiger partial charge in [-0.2, -0.15) is 5.10 Å². The van der Waals surface area contributed by atoms with Crippen molar-refractivity contribution in [2.75, 3.05) is 7.05 Å². The lowest BCUT2D eigenvalue weighted by Gasteiger charge is -2.31. The standard InChI is InChI=1S/C34H36N4O2/c1-37(31-10-6-3-7-11-31)21-25-12-13-26-17-28(18-27(26)16-25)32-19-30(14-15-33(32)39)36-34(40)29-20-35-38(23-29)22-24-8-4-2-5-9-24/h2,4-5,8-9,12-14,16,18-20,23,31H,3,6-7,10-11,15,17,21-22H2,1H3,(H,36,40). The summed E-state index contributed by atoms with van der Waals surface area (Å²) in [5.74, 6) is -0.143. The maximum atomic E-state index is 13.0. The van der Waals surface area contributed by atoms with Crippen LogP contribution in [0, 0.1) is 0 Å². The number of aromatic nitrogens is 2.